The first-order valence-corrected chi connectivity index (χ1v) is 11.0. The fourth-order valence-corrected chi connectivity index (χ4v) is 4.09. The van der Waals surface area contributed by atoms with Crippen molar-refractivity contribution in [3.05, 3.63) is 101 Å². The Morgan fingerprint density at radius 2 is 1.67 bits per heavy atom. The second-order valence-electron chi connectivity index (χ2n) is 7.00. The summed E-state index contributed by atoms with van der Waals surface area (Å²) in [6, 6.07) is 19.2. The average molecular weight is 427 g/mol. The summed E-state index contributed by atoms with van der Waals surface area (Å²) in [4.78, 5) is 12.8. The molecule has 30 heavy (non-hydrogen) atoms. The quantitative estimate of drug-likeness (QED) is 0.597. The van der Waals surface area contributed by atoms with Crippen LogP contribution < -0.4 is 10.0 Å². The highest BCUT2D eigenvalue weighted by Gasteiger charge is 2.20. The summed E-state index contributed by atoms with van der Waals surface area (Å²) in [6.07, 6.45) is 0. The van der Waals surface area contributed by atoms with Crippen LogP contribution in [0.15, 0.2) is 77.7 Å². The van der Waals surface area contributed by atoms with Crippen LogP contribution in [0.2, 0.25) is 0 Å². The van der Waals surface area contributed by atoms with Gasteiger partial charge in [-0.3, -0.25) is 4.79 Å². The van der Waals surface area contributed by atoms with Gasteiger partial charge in [0, 0.05) is 17.7 Å². The molecule has 1 unspecified atom stereocenters. The van der Waals surface area contributed by atoms with Gasteiger partial charge >= 0.3 is 0 Å². The predicted molar refractivity (Wildman–Crippen MR) is 114 cm³/mol. The van der Waals surface area contributed by atoms with Crippen LogP contribution in [0.4, 0.5) is 4.39 Å². The number of carbonyl (C=O) groups excluding carboxylic acids is 1. The lowest BCUT2D eigenvalue weighted by molar-refractivity contribution is 0.0938. The van der Waals surface area contributed by atoms with Gasteiger partial charge in [-0.25, -0.2) is 17.5 Å². The largest absolute Gasteiger partial charge is 0.345 e. The van der Waals surface area contributed by atoms with Crippen molar-refractivity contribution in [2.45, 2.75) is 31.3 Å². The molecule has 0 saturated carbocycles. The normalized spacial score (nSPS) is 12.4. The molecule has 0 saturated heterocycles. The summed E-state index contributed by atoms with van der Waals surface area (Å²) in [7, 11) is -3.81. The van der Waals surface area contributed by atoms with Gasteiger partial charge in [0.05, 0.1) is 10.9 Å². The Morgan fingerprint density at radius 3 is 2.37 bits per heavy atom. The van der Waals surface area contributed by atoms with Crippen LogP contribution in [0.5, 0.6) is 0 Å². The Bertz CT molecular complexity index is 1150. The van der Waals surface area contributed by atoms with Crippen molar-refractivity contribution in [1.29, 1.82) is 0 Å². The molecule has 1 amide bonds. The molecule has 1 atom stereocenters. The van der Waals surface area contributed by atoms with Crippen molar-refractivity contribution >= 4 is 15.9 Å². The number of halogens is 1. The van der Waals surface area contributed by atoms with Gasteiger partial charge in [-0.2, -0.15) is 0 Å². The van der Waals surface area contributed by atoms with Gasteiger partial charge in [0.1, 0.15) is 5.82 Å². The summed E-state index contributed by atoms with van der Waals surface area (Å²) in [5.41, 5.74) is 2.03. The summed E-state index contributed by atoms with van der Waals surface area (Å²) < 4.78 is 41.9. The van der Waals surface area contributed by atoms with Gasteiger partial charge in [0.2, 0.25) is 10.0 Å². The molecule has 0 heterocycles. The number of hydrogen-bond donors (Lipinski definition) is 2. The van der Waals surface area contributed by atoms with Gasteiger partial charge < -0.3 is 5.32 Å². The SMILES string of the molecule is Cc1ccc(S(=O)(=O)NCc2ccccc2)cc1C(=O)NC(C)c1ccccc1F. The van der Waals surface area contributed by atoms with Crippen molar-refractivity contribution in [3.8, 4) is 0 Å². The molecular formula is C23H23FN2O3S. The number of carbonyl (C=O) groups is 1. The molecule has 156 valence electrons. The van der Waals surface area contributed by atoms with Crippen LogP contribution in [-0.2, 0) is 16.6 Å². The summed E-state index contributed by atoms with van der Waals surface area (Å²) in [6.45, 7) is 3.53. The van der Waals surface area contributed by atoms with E-state index in [9.17, 15) is 17.6 Å². The molecule has 0 aliphatic rings. The Kier molecular flexibility index (Phi) is 6.64. The van der Waals surface area contributed by atoms with E-state index in [2.05, 4.69) is 10.0 Å². The number of nitrogens with one attached hydrogen (secondary N) is 2. The minimum absolute atomic E-state index is 0.00674. The Hall–Kier alpha value is -3.03. The van der Waals surface area contributed by atoms with Crippen LogP contribution in [0.25, 0.3) is 0 Å². The van der Waals surface area contributed by atoms with Crippen LogP contribution >= 0.6 is 0 Å². The van der Waals surface area contributed by atoms with Crippen LogP contribution in [0.3, 0.4) is 0 Å². The lowest BCUT2D eigenvalue weighted by Gasteiger charge is -2.16. The van der Waals surface area contributed by atoms with E-state index >= 15 is 0 Å². The van der Waals surface area contributed by atoms with E-state index in [1.807, 2.05) is 30.3 Å². The monoisotopic (exact) mass is 426 g/mol. The average Bonchev–Trinajstić information content (AvgIpc) is 2.73. The van der Waals surface area contributed by atoms with Crippen molar-refractivity contribution < 1.29 is 17.6 Å². The number of hydrogen-bond acceptors (Lipinski definition) is 3. The molecule has 0 bridgehead atoms. The first kappa shape index (κ1) is 21.7. The van der Waals surface area contributed by atoms with E-state index in [1.165, 1.54) is 18.2 Å². The third-order valence-electron chi connectivity index (χ3n) is 4.79. The molecule has 0 spiro atoms. The van der Waals surface area contributed by atoms with E-state index < -0.39 is 27.8 Å². The smallest absolute Gasteiger partial charge is 0.252 e. The Balaban J connectivity index is 1.78. The van der Waals surface area contributed by atoms with E-state index in [-0.39, 0.29) is 17.0 Å². The first-order chi connectivity index (χ1) is 14.3. The maximum Gasteiger partial charge on any atom is 0.252 e. The molecule has 3 aromatic rings. The highest BCUT2D eigenvalue weighted by atomic mass is 32.2. The summed E-state index contributed by atoms with van der Waals surface area (Å²) in [5, 5.41) is 2.74. The minimum Gasteiger partial charge on any atom is -0.345 e. The molecular weight excluding hydrogens is 403 g/mol. The van der Waals surface area contributed by atoms with Gasteiger partial charge in [-0.05, 0) is 43.2 Å². The molecule has 0 aromatic heterocycles. The molecule has 0 radical (unpaired) electrons. The maximum atomic E-state index is 14.0. The van der Waals surface area contributed by atoms with Gasteiger partial charge in [-0.15, -0.1) is 0 Å². The van der Waals surface area contributed by atoms with Gasteiger partial charge in [0.25, 0.3) is 5.91 Å². The standard InChI is InChI=1S/C23H23FN2O3S/c1-16-12-13-19(30(28,29)25-15-18-8-4-3-5-9-18)14-21(16)23(27)26-17(2)20-10-6-7-11-22(20)24/h3-14,17,25H,15H2,1-2H3,(H,26,27). The number of benzene rings is 3. The third-order valence-corrected chi connectivity index (χ3v) is 6.19. The zero-order valence-electron chi connectivity index (χ0n) is 16.7. The second-order valence-corrected chi connectivity index (χ2v) is 8.77. The van der Waals surface area contributed by atoms with Crippen molar-refractivity contribution in [1.82, 2.24) is 10.0 Å². The van der Waals surface area contributed by atoms with Crippen LogP contribution in [-0.4, -0.2) is 14.3 Å². The van der Waals surface area contributed by atoms with Crippen molar-refractivity contribution in [3.63, 3.8) is 0 Å². The number of amides is 1. The zero-order valence-corrected chi connectivity index (χ0v) is 17.5. The molecule has 0 aliphatic carbocycles. The second kappa shape index (κ2) is 9.19. The highest BCUT2D eigenvalue weighted by Crippen LogP contribution is 2.20. The Morgan fingerprint density at radius 1 is 1.00 bits per heavy atom. The van der Waals surface area contributed by atoms with E-state index in [1.54, 1.807) is 38.1 Å². The number of sulfonamides is 1. The Labute approximate surface area is 176 Å². The molecule has 3 aromatic carbocycles. The van der Waals surface area contributed by atoms with Gasteiger partial charge in [0.15, 0.2) is 0 Å². The van der Waals surface area contributed by atoms with E-state index in [0.29, 0.717) is 11.1 Å². The van der Waals surface area contributed by atoms with E-state index in [0.717, 1.165) is 5.56 Å². The number of rotatable bonds is 7. The molecule has 0 aliphatic heterocycles. The third kappa shape index (κ3) is 5.11. The lowest BCUT2D eigenvalue weighted by Crippen LogP contribution is -2.28. The highest BCUT2D eigenvalue weighted by molar-refractivity contribution is 7.89. The minimum atomic E-state index is -3.81. The van der Waals surface area contributed by atoms with Crippen molar-refractivity contribution in [2.24, 2.45) is 0 Å². The first-order valence-electron chi connectivity index (χ1n) is 9.47. The van der Waals surface area contributed by atoms with Crippen LogP contribution in [0, 0.1) is 12.7 Å². The fraction of sp³-hybridized carbons (Fsp3) is 0.174. The zero-order chi connectivity index (χ0) is 21.7. The molecule has 5 nitrogen and oxygen atoms in total. The summed E-state index contributed by atoms with van der Waals surface area (Å²) >= 11 is 0. The molecule has 2 N–H and O–H groups in total. The maximum absolute atomic E-state index is 14.0. The topological polar surface area (TPSA) is 75.3 Å². The van der Waals surface area contributed by atoms with Crippen molar-refractivity contribution in [2.75, 3.05) is 0 Å². The molecule has 7 heteroatoms. The predicted octanol–water partition coefficient (Wildman–Crippen LogP) is 4.10. The number of aryl methyl sites for hydroxylation is 1. The summed E-state index contributed by atoms with van der Waals surface area (Å²) in [5.74, 6) is -0.883. The molecule has 0 fully saturated rings. The van der Waals surface area contributed by atoms with Gasteiger partial charge in [-0.1, -0.05) is 54.6 Å². The molecule has 3 rings (SSSR count). The van der Waals surface area contributed by atoms with E-state index in [4.69, 9.17) is 0 Å². The lowest BCUT2D eigenvalue weighted by atomic mass is 10.1. The fourth-order valence-electron chi connectivity index (χ4n) is 3.05. The van der Waals surface area contributed by atoms with Crippen LogP contribution in [0.1, 0.15) is 40.0 Å².